The maximum atomic E-state index is 11.7. The predicted molar refractivity (Wildman–Crippen MR) is 49.5 cm³/mol. The van der Waals surface area contributed by atoms with Gasteiger partial charge in [0.05, 0.1) is 6.42 Å². The van der Waals surface area contributed by atoms with Crippen molar-refractivity contribution in [3.8, 4) is 0 Å². The molecular weight excluding hydrogens is 231 g/mol. The molecule has 0 bridgehead atoms. The molecule has 0 fully saturated rings. The van der Waals surface area contributed by atoms with E-state index in [1.165, 1.54) is 5.38 Å². The van der Waals surface area contributed by atoms with Gasteiger partial charge in [-0.2, -0.15) is 13.2 Å². The van der Waals surface area contributed by atoms with E-state index in [0.717, 1.165) is 11.3 Å². The van der Waals surface area contributed by atoms with Crippen LogP contribution in [0.5, 0.6) is 0 Å². The van der Waals surface area contributed by atoms with E-state index in [1.54, 1.807) is 0 Å². The third kappa shape index (κ3) is 4.15. The number of aromatic nitrogens is 1. The average molecular weight is 239 g/mol. The second kappa shape index (κ2) is 4.47. The summed E-state index contributed by atoms with van der Waals surface area (Å²) in [7, 11) is 0. The maximum Gasteiger partial charge on any atom is 0.390 e. The van der Waals surface area contributed by atoms with Crippen molar-refractivity contribution >= 4 is 22.4 Å². The van der Waals surface area contributed by atoms with Crippen LogP contribution in [0.4, 0.5) is 18.3 Å². The molecule has 1 aromatic heterocycles. The minimum Gasteiger partial charge on any atom is -0.375 e. The molecule has 15 heavy (non-hydrogen) atoms. The Labute approximate surface area is 87.3 Å². The van der Waals surface area contributed by atoms with Crippen LogP contribution in [0.3, 0.4) is 0 Å². The number of amides is 1. The highest BCUT2D eigenvalue weighted by atomic mass is 32.1. The Bertz CT molecular complexity index is 349. The van der Waals surface area contributed by atoms with Crippen LogP contribution in [-0.2, 0) is 0 Å². The first kappa shape index (κ1) is 11.8. The average Bonchev–Trinajstić information content (AvgIpc) is 2.49. The number of carbonyl (C=O) groups excluding carboxylic acids is 1. The van der Waals surface area contributed by atoms with Crippen molar-refractivity contribution in [1.82, 2.24) is 10.3 Å². The van der Waals surface area contributed by atoms with E-state index in [1.807, 2.05) is 0 Å². The molecule has 0 radical (unpaired) electrons. The van der Waals surface area contributed by atoms with Gasteiger partial charge in [0.2, 0.25) is 0 Å². The topological polar surface area (TPSA) is 68.0 Å². The zero-order valence-electron chi connectivity index (χ0n) is 7.47. The molecular formula is C7H8F3N3OS. The summed E-state index contributed by atoms with van der Waals surface area (Å²) in [6.45, 7) is -0.459. The standard InChI is InChI=1S/C7H8F3N3OS/c8-7(9,10)1-2-12-5(14)4-3-15-6(11)13-4/h3H,1-2H2,(H2,11,13)(H,12,14). The Morgan fingerprint density at radius 3 is 2.73 bits per heavy atom. The highest BCUT2D eigenvalue weighted by Gasteiger charge is 2.26. The van der Waals surface area contributed by atoms with Gasteiger partial charge in [-0.1, -0.05) is 0 Å². The first-order valence-corrected chi connectivity index (χ1v) is 4.82. The van der Waals surface area contributed by atoms with Gasteiger partial charge in [-0.3, -0.25) is 4.79 Å². The summed E-state index contributed by atoms with van der Waals surface area (Å²) in [6, 6.07) is 0. The van der Waals surface area contributed by atoms with E-state index >= 15 is 0 Å². The Morgan fingerprint density at radius 1 is 1.60 bits per heavy atom. The number of carbonyl (C=O) groups is 1. The number of nitrogens with one attached hydrogen (secondary N) is 1. The summed E-state index contributed by atoms with van der Waals surface area (Å²) in [5, 5.41) is 3.69. The van der Waals surface area contributed by atoms with Crippen LogP contribution in [0.1, 0.15) is 16.9 Å². The van der Waals surface area contributed by atoms with Gasteiger partial charge >= 0.3 is 6.18 Å². The molecule has 0 aromatic carbocycles. The minimum absolute atomic E-state index is 0.0414. The predicted octanol–water partition coefficient (Wildman–Crippen LogP) is 1.41. The van der Waals surface area contributed by atoms with Gasteiger partial charge in [-0.05, 0) is 0 Å². The van der Waals surface area contributed by atoms with Gasteiger partial charge in [0.1, 0.15) is 5.69 Å². The fourth-order valence-electron chi connectivity index (χ4n) is 0.800. The smallest absolute Gasteiger partial charge is 0.375 e. The lowest BCUT2D eigenvalue weighted by Crippen LogP contribution is -2.28. The van der Waals surface area contributed by atoms with Gasteiger partial charge in [0, 0.05) is 11.9 Å². The number of hydrogen-bond donors (Lipinski definition) is 2. The molecule has 0 unspecified atom stereocenters. The normalized spacial score (nSPS) is 11.4. The van der Waals surface area contributed by atoms with Gasteiger partial charge in [-0.15, -0.1) is 11.3 Å². The number of thiazole rings is 1. The van der Waals surface area contributed by atoms with E-state index in [2.05, 4.69) is 10.3 Å². The molecule has 4 nitrogen and oxygen atoms in total. The highest BCUT2D eigenvalue weighted by molar-refractivity contribution is 7.13. The largest absolute Gasteiger partial charge is 0.390 e. The summed E-state index contributed by atoms with van der Waals surface area (Å²) in [5.74, 6) is -0.646. The fraction of sp³-hybridized carbons (Fsp3) is 0.429. The van der Waals surface area contributed by atoms with Crippen LogP contribution in [0, 0.1) is 0 Å². The number of hydrogen-bond acceptors (Lipinski definition) is 4. The summed E-state index contributed by atoms with van der Waals surface area (Å²) in [6.07, 6.45) is -5.33. The van der Waals surface area contributed by atoms with Crippen molar-refractivity contribution in [2.45, 2.75) is 12.6 Å². The SMILES string of the molecule is Nc1nc(C(=O)NCCC(F)(F)F)cs1. The number of rotatable bonds is 3. The number of nitrogen functional groups attached to an aromatic ring is 1. The zero-order chi connectivity index (χ0) is 11.5. The minimum atomic E-state index is -4.27. The van der Waals surface area contributed by atoms with E-state index < -0.39 is 25.0 Å². The van der Waals surface area contributed by atoms with Crippen LogP contribution < -0.4 is 11.1 Å². The molecule has 1 rings (SSSR count). The number of halogens is 3. The second-order valence-corrected chi connectivity index (χ2v) is 3.58. The number of alkyl halides is 3. The van der Waals surface area contributed by atoms with Gasteiger partial charge < -0.3 is 11.1 Å². The maximum absolute atomic E-state index is 11.7. The van der Waals surface area contributed by atoms with Crippen molar-refractivity contribution in [3.63, 3.8) is 0 Å². The van der Waals surface area contributed by atoms with Crippen molar-refractivity contribution < 1.29 is 18.0 Å². The molecule has 1 aromatic rings. The van der Waals surface area contributed by atoms with Gasteiger partial charge in [0.25, 0.3) is 5.91 Å². The molecule has 1 heterocycles. The van der Waals surface area contributed by atoms with E-state index in [0.29, 0.717) is 0 Å². The van der Waals surface area contributed by atoms with E-state index in [9.17, 15) is 18.0 Å². The molecule has 0 atom stereocenters. The molecule has 0 aliphatic rings. The first-order valence-electron chi connectivity index (χ1n) is 3.94. The number of anilines is 1. The van der Waals surface area contributed by atoms with Crippen LogP contribution in [0.25, 0.3) is 0 Å². The van der Waals surface area contributed by atoms with Crippen LogP contribution in [-0.4, -0.2) is 23.6 Å². The lowest BCUT2D eigenvalue weighted by molar-refractivity contribution is -0.132. The van der Waals surface area contributed by atoms with Crippen molar-refractivity contribution in [3.05, 3.63) is 11.1 Å². The molecule has 1 amide bonds. The third-order valence-electron chi connectivity index (χ3n) is 1.45. The van der Waals surface area contributed by atoms with Crippen LogP contribution in [0.2, 0.25) is 0 Å². The van der Waals surface area contributed by atoms with Gasteiger partial charge in [0.15, 0.2) is 5.13 Å². The molecule has 84 valence electrons. The number of nitrogens with two attached hydrogens (primary N) is 1. The Kier molecular flexibility index (Phi) is 3.51. The van der Waals surface area contributed by atoms with Crippen molar-refractivity contribution in [2.75, 3.05) is 12.3 Å². The summed E-state index contributed by atoms with van der Waals surface area (Å²) < 4.78 is 35.2. The first-order chi connectivity index (χ1) is 6.88. The van der Waals surface area contributed by atoms with Crippen molar-refractivity contribution in [1.29, 1.82) is 0 Å². The van der Waals surface area contributed by atoms with E-state index in [-0.39, 0.29) is 10.8 Å². The summed E-state index contributed by atoms with van der Waals surface area (Å²) in [4.78, 5) is 14.8. The van der Waals surface area contributed by atoms with Crippen LogP contribution in [0.15, 0.2) is 5.38 Å². The molecule has 0 spiro atoms. The lowest BCUT2D eigenvalue weighted by atomic mass is 10.4. The molecule has 0 saturated heterocycles. The fourth-order valence-corrected chi connectivity index (χ4v) is 1.34. The lowest BCUT2D eigenvalue weighted by Gasteiger charge is -2.06. The molecule has 0 aliphatic heterocycles. The summed E-state index contributed by atoms with van der Waals surface area (Å²) >= 11 is 1.06. The monoisotopic (exact) mass is 239 g/mol. The Balaban J connectivity index is 2.37. The molecule has 0 saturated carbocycles. The molecule has 0 aliphatic carbocycles. The second-order valence-electron chi connectivity index (χ2n) is 2.69. The van der Waals surface area contributed by atoms with E-state index in [4.69, 9.17) is 5.73 Å². The van der Waals surface area contributed by atoms with Gasteiger partial charge in [-0.25, -0.2) is 4.98 Å². The summed E-state index contributed by atoms with van der Waals surface area (Å²) in [5.41, 5.74) is 5.30. The molecule has 3 N–H and O–H groups in total. The van der Waals surface area contributed by atoms with Crippen LogP contribution >= 0.6 is 11.3 Å². The zero-order valence-corrected chi connectivity index (χ0v) is 8.28. The Morgan fingerprint density at radius 2 is 2.27 bits per heavy atom. The molecule has 8 heteroatoms. The Hall–Kier alpha value is -1.31. The quantitative estimate of drug-likeness (QED) is 0.837. The van der Waals surface area contributed by atoms with Crippen molar-refractivity contribution in [2.24, 2.45) is 0 Å². The number of nitrogens with zero attached hydrogens (tertiary/aromatic N) is 1. The highest BCUT2D eigenvalue weighted by Crippen LogP contribution is 2.18. The third-order valence-corrected chi connectivity index (χ3v) is 2.12.